The number of hydrogen-bond donors (Lipinski definition) is 3. The van der Waals surface area contributed by atoms with Gasteiger partial charge in [-0.15, -0.1) is 0 Å². The first kappa shape index (κ1) is 21.8. The van der Waals surface area contributed by atoms with Crippen LogP contribution in [0.25, 0.3) is 5.65 Å². The molecule has 2 bridgehead atoms. The van der Waals surface area contributed by atoms with Crippen molar-refractivity contribution in [2.75, 3.05) is 19.0 Å². The van der Waals surface area contributed by atoms with Gasteiger partial charge in [-0.1, -0.05) is 0 Å². The lowest BCUT2D eigenvalue weighted by Crippen LogP contribution is -2.68. The van der Waals surface area contributed by atoms with Gasteiger partial charge >= 0.3 is 6.09 Å². The number of rotatable bonds is 7. The molecule has 3 aromatic rings. The summed E-state index contributed by atoms with van der Waals surface area (Å²) < 4.78 is 32.8. The second-order valence-electron chi connectivity index (χ2n) is 9.33. The quantitative estimate of drug-likeness (QED) is 0.460. The molecule has 0 aromatic carbocycles. The SMILES string of the molecule is COCc1cn2c(Nc3cc([C@@H]4OC[C@H](OC(=O)NC56CC(C5)C6)[C@@H]4F)[nH]n3)nc(C#N)cc2n1. The fraction of sp³-hybridized carbons (Fsp3) is 0.500. The number of alkyl carbamates (subject to hydrolysis) is 1. The van der Waals surface area contributed by atoms with E-state index in [1.807, 2.05) is 6.07 Å². The Morgan fingerprint density at radius 2 is 2.23 bits per heavy atom. The summed E-state index contributed by atoms with van der Waals surface area (Å²) in [5.74, 6) is 1.36. The zero-order valence-electron chi connectivity index (χ0n) is 18.8. The molecule has 3 saturated carbocycles. The third-order valence-corrected chi connectivity index (χ3v) is 6.80. The third kappa shape index (κ3) is 3.84. The minimum atomic E-state index is -1.56. The molecule has 3 N–H and O–H groups in total. The first-order valence-electron chi connectivity index (χ1n) is 11.3. The van der Waals surface area contributed by atoms with Crippen molar-refractivity contribution >= 4 is 23.5 Å². The average Bonchev–Trinajstić information content (AvgIpc) is 3.49. The van der Waals surface area contributed by atoms with Crippen LogP contribution in [0.3, 0.4) is 0 Å². The molecule has 3 aromatic heterocycles. The molecule has 0 unspecified atom stereocenters. The number of anilines is 2. The Balaban J connectivity index is 1.14. The number of alkyl halides is 1. The minimum absolute atomic E-state index is 0.0552. The Hall–Kier alpha value is -3.76. The van der Waals surface area contributed by atoms with E-state index in [-0.39, 0.29) is 17.8 Å². The third-order valence-electron chi connectivity index (χ3n) is 6.80. The van der Waals surface area contributed by atoms with Gasteiger partial charge in [-0.3, -0.25) is 9.50 Å². The molecule has 1 saturated heterocycles. The van der Waals surface area contributed by atoms with Gasteiger partial charge in [0.25, 0.3) is 0 Å². The maximum Gasteiger partial charge on any atom is 0.408 e. The summed E-state index contributed by atoms with van der Waals surface area (Å²) >= 11 is 0. The van der Waals surface area contributed by atoms with E-state index in [9.17, 15) is 10.1 Å². The predicted molar refractivity (Wildman–Crippen MR) is 117 cm³/mol. The summed E-state index contributed by atoms with van der Waals surface area (Å²) in [4.78, 5) is 20.9. The van der Waals surface area contributed by atoms with Crippen molar-refractivity contribution in [3.63, 3.8) is 0 Å². The number of nitriles is 1. The number of ether oxygens (including phenoxy) is 3. The fourth-order valence-electron chi connectivity index (χ4n) is 5.02. The summed E-state index contributed by atoms with van der Waals surface area (Å²) in [5, 5.41) is 22.2. The highest BCUT2D eigenvalue weighted by atomic mass is 19.1. The maximum absolute atomic E-state index is 15.1. The van der Waals surface area contributed by atoms with E-state index >= 15 is 4.39 Å². The van der Waals surface area contributed by atoms with Crippen molar-refractivity contribution in [2.45, 2.75) is 49.8 Å². The van der Waals surface area contributed by atoms with E-state index in [1.165, 1.54) is 0 Å². The smallest absolute Gasteiger partial charge is 0.408 e. The lowest BCUT2D eigenvalue weighted by Gasteiger charge is -2.61. The number of halogens is 1. The van der Waals surface area contributed by atoms with Crippen molar-refractivity contribution in [1.29, 1.82) is 5.26 Å². The average molecular weight is 482 g/mol. The number of H-pyrrole nitrogens is 1. The van der Waals surface area contributed by atoms with E-state index in [1.54, 1.807) is 29.8 Å². The van der Waals surface area contributed by atoms with Crippen LogP contribution in [0.4, 0.5) is 21.0 Å². The van der Waals surface area contributed by atoms with E-state index < -0.39 is 24.5 Å². The molecule has 4 aliphatic rings. The summed E-state index contributed by atoms with van der Waals surface area (Å²) in [5.41, 5.74) is 1.59. The number of aromatic nitrogens is 5. The van der Waals surface area contributed by atoms with Crippen LogP contribution in [-0.2, 0) is 20.8 Å². The van der Waals surface area contributed by atoms with Gasteiger partial charge < -0.3 is 24.8 Å². The van der Waals surface area contributed by atoms with Crippen LogP contribution in [0.15, 0.2) is 18.3 Å². The first-order valence-corrected chi connectivity index (χ1v) is 11.3. The summed E-state index contributed by atoms with van der Waals surface area (Å²) in [7, 11) is 1.56. The molecule has 12 nitrogen and oxygen atoms in total. The van der Waals surface area contributed by atoms with E-state index in [4.69, 9.17) is 14.2 Å². The fourth-order valence-corrected chi connectivity index (χ4v) is 5.02. The normalized spacial score (nSPS) is 28.7. The molecule has 7 rings (SSSR count). The van der Waals surface area contributed by atoms with Gasteiger partial charge in [0.05, 0.1) is 24.6 Å². The molecular weight excluding hydrogens is 459 g/mol. The number of carbonyl (C=O) groups excluding carboxylic acids is 1. The summed E-state index contributed by atoms with van der Waals surface area (Å²) in [6.45, 7) is 0.246. The van der Waals surface area contributed by atoms with Crippen molar-refractivity contribution in [1.82, 2.24) is 29.9 Å². The maximum atomic E-state index is 15.1. The molecule has 4 heterocycles. The lowest BCUT2D eigenvalue weighted by atomic mass is 9.50. The number of carbonyl (C=O) groups is 1. The molecule has 35 heavy (non-hydrogen) atoms. The van der Waals surface area contributed by atoms with Crippen LogP contribution >= 0.6 is 0 Å². The summed E-state index contributed by atoms with van der Waals surface area (Å²) in [6.07, 6.45) is 0.518. The number of imidazole rings is 1. The molecule has 4 fully saturated rings. The lowest BCUT2D eigenvalue weighted by molar-refractivity contribution is -0.0528. The van der Waals surface area contributed by atoms with Gasteiger partial charge in [0.2, 0.25) is 5.95 Å². The largest absolute Gasteiger partial charge is 0.441 e. The number of nitrogens with one attached hydrogen (secondary N) is 3. The van der Waals surface area contributed by atoms with Crippen molar-refractivity contribution < 1.29 is 23.4 Å². The van der Waals surface area contributed by atoms with Gasteiger partial charge in [-0.2, -0.15) is 10.4 Å². The van der Waals surface area contributed by atoms with Crippen LogP contribution < -0.4 is 10.6 Å². The van der Waals surface area contributed by atoms with E-state index in [0.29, 0.717) is 41.3 Å². The Morgan fingerprint density at radius 3 is 2.94 bits per heavy atom. The first-order chi connectivity index (χ1) is 16.9. The number of hydrogen-bond acceptors (Lipinski definition) is 9. The molecule has 3 atom stereocenters. The van der Waals surface area contributed by atoms with Crippen molar-refractivity contribution in [2.24, 2.45) is 5.92 Å². The van der Waals surface area contributed by atoms with E-state index in [0.717, 1.165) is 19.3 Å². The van der Waals surface area contributed by atoms with Crippen LogP contribution in [0.1, 0.15) is 42.4 Å². The predicted octanol–water partition coefficient (Wildman–Crippen LogP) is 2.27. The van der Waals surface area contributed by atoms with E-state index in [2.05, 4.69) is 30.8 Å². The van der Waals surface area contributed by atoms with Gasteiger partial charge in [-0.25, -0.2) is 19.2 Å². The highest BCUT2D eigenvalue weighted by molar-refractivity contribution is 5.69. The standard InChI is InChI=1S/C22H23FN8O4/c1-33-9-13-8-31-17(25-13)2-12(7-24)26-20(31)27-16-3-14(29-30-16)19-18(23)15(10-34-19)35-21(32)28-22-4-11(5-22)6-22/h2-3,8,11,15,18-19H,4-6,9-10H2,1H3,(H,28,32)(H2,26,27,29,30)/t11?,15-,18-,19-,22?/m0/s1. The Labute approximate surface area is 198 Å². The van der Waals surface area contributed by atoms with Crippen LogP contribution in [0.5, 0.6) is 0 Å². The molecule has 0 radical (unpaired) electrons. The molecule has 3 aliphatic carbocycles. The zero-order chi connectivity index (χ0) is 24.2. The number of amides is 1. The van der Waals surface area contributed by atoms with Crippen LogP contribution in [0.2, 0.25) is 0 Å². The second kappa shape index (κ2) is 8.17. The molecule has 182 valence electrons. The highest BCUT2D eigenvalue weighted by Crippen LogP contribution is 2.57. The number of fused-ring (bicyclic) bond motifs is 1. The molecular formula is C22H23FN8O4. The Kier molecular flexibility index (Phi) is 5.08. The summed E-state index contributed by atoms with van der Waals surface area (Å²) in [6, 6.07) is 5.15. The van der Waals surface area contributed by atoms with Crippen LogP contribution in [-0.4, -0.2) is 62.2 Å². The Bertz CT molecular complexity index is 1320. The molecule has 1 amide bonds. The van der Waals surface area contributed by atoms with Crippen molar-refractivity contribution in [3.8, 4) is 6.07 Å². The van der Waals surface area contributed by atoms with Crippen LogP contribution in [0, 0.1) is 17.2 Å². The van der Waals surface area contributed by atoms with Gasteiger partial charge in [0.1, 0.15) is 23.5 Å². The Morgan fingerprint density at radius 1 is 1.40 bits per heavy atom. The topological polar surface area (TPSA) is 151 Å². The number of aromatic amines is 1. The number of nitrogens with zero attached hydrogens (tertiary/aromatic N) is 5. The number of methoxy groups -OCH3 is 1. The molecule has 1 aliphatic heterocycles. The molecule has 0 spiro atoms. The minimum Gasteiger partial charge on any atom is -0.441 e. The van der Waals surface area contributed by atoms with Gasteiger partial charge in [0, 0.05) is 31.0 Å². The highest BCUT2D eigenvalue weighted by Gasteiger charge is 2.58. The second-order valence-corrected chi connectivity index (χ2v) is 9.33. The van der Waals surface area contributed by atoms with Crippen molar-refractivity contribution in [3.05, 3.63) is 35.4 Å². The van der Waals surface area contributed by atoms with Gasteiger partial charge in [0.15, 0.2) is 18.1 Å². The zero-order valence-corrected chi connectivity index (χ0v) is 18.8. The molecule has 13 heteroatoms. The van der Waals surface area contributed by atoms with Gasteiger partial charge in [-0.05, 0) is 25.2 Å². The monoisotopic (exact) mass is 482 g/mol.